The molecule has 0 aliphatic rings. The number of ether oxygens (including phenoxy) is 1. The first-order chi connectivity index (χ1) is 10.7. The van der Waals surface area contributed by atoms with Crippen LogP contribution in [-0.4, -0.2) is 16.1 Å². The lowest BCUT2D eigenvalue weighted by Crippen LogP contribution is -1.96. The standard InChI is InChI=1S/C17H13NO3S/c19-17(20)15-11-22-16(18-15)13-7-4-8-14(9-13)21-10-12-5-2-1-3-6-12/h1-9,11H,10H2,(H,19,20). The molecule has 22 heavy (non-hydrogen) atoms. The summed E-state index contributed by atoms with van der Waals surface area (Å²) in [5.74, 6) is -0.285. The van der Waals surface area contributed by atoms with E-state index >= 15 is 0 Å². The fourth-order valence-electron chi connectivity index (χ4n) is 1.96. The van der Waals surface area contributed by atoms with Crippen molar-refractivity contribution in [2.24, 2.45) is 0 Å². The van der Waals surface area contributed by atoms with Crippen molar-refractivity contribution in [2.45, 2.75) is 6.61 Å². The zero-order chi connectivity index (χ0) is 15.4. The van der Waals surface area contributed by atoms with Crippen LogP contribution in [0.3, 0.4) is 0 Å². The Labute approximate surface area is 131 Å². The molecular weight excluding hydrogens is 298 g/mol. The van der Waals surface area contributed by atoms with Crippen molar-refractivity contribution in [1.82, 2.24) is 4.98 Å². The van der Waals surface area contributed by atoms with E-state index in [4.69, 9.17) is 9.84 Å². The number of carboxylic acids is 1. The predicted molar refractivity (Wildman–Crippen MR) is 85.3 cm³/mol. The molecule has 110 valence electrons. The van der Waals surface area contributed by atoms with Gasteiger partial charge in [-0.2, -0.15) is 0 Å². The van der Waals surface area contributed by atoms with Crippen LogP contribution in [0.1, 0.15) is 16.1 Å². The molecule has 0 saturated heterocycles. The summed E-state index contributed by atoms with van der Waals surface area (Å²) in [7, 11) is 0. The van der Waals surface area contributed by atoms with Crippen LogP contribution in [0.15, 0.2) is 60.0 Å². The molecule has 0 aliphatic heterocycles. The van der Waals surface area contributed by atoms with Crippen LogP contribution in [0.5, 0.6) is 5.75 Å². The van der Waals surface area contributed by atoms with E-state index < -0.39 is 5.97 Å². The van der Waals surface area contributed by atoms with Gasteiger partial charge in [-0.25, -0.2) is 9.78 Å². The summed E-state index contributed by atoms with van der Waals surface area (Å²) in [6.45, 7) is 0.489. The molecule has 0 fully saturated rings. The molecule has 0 aliphatic carbocycles. The number of hydrogen-bond donors (Lipinski definition) is 1. The Kier molecular flexibility index (Phi) is 4.16. The summed E-state index contributed by atoms with van der Waals surface area (Å²) in [5, 5.41) is 11.1. The number of nitrogens with zero attached hydrogens (tertiary/aromatic N) is 1. The first-order valence-corrected chi connectivity index (χ1v) is 7.56. The van der Waals surface area contributed by atoms with Crippen LogP contribution < -0.4 is 4.74 Å². The molecule has 3 rings (SSSR count). The van der Waals surface area contributed by atoms with Gasteiger partial charge in [0.25, 0.3) is 0 Å². The quantitative estimate of drug-likeness (QED) is 0.771. The number of benzene rings is 2. The fraction of sp³-hybridized carbons (Fsp3) is 0.0588. The zero-order valence-corrected chi connectivity index (χ0v) is 12.4. The minimum Gasteiger partial charge on any atom is -0.489 e. The van der Waals surface area contributed by atoms with E-state index in [2.05, 4.69) is 4.98 Å². The van der Waals surface area contributed by atoms with Crippen LogP contribution in [0.25, 0.3) is 10.6 Å². The highest BCUT2D eigenvalue weighted by atomic mass is 32.1. The summed E-state index contributed by atoms with van der Waals surface area (Å²) in [6.07, 6.45) is 0. The maximum atomic E-state index is 10.9. The molecule has 0 radical (unpaired) electrons. The normalized spacial score (nSPS) is 10.4. The van der Waals surface area contributed by atoms with E-state index in [1.807, 2.05) is 54.6 Å². The largest absolute Gasteiger partial charge is 0.489 e. The second-order valence-corrected chi connectivity index (χ2v) is 5.50. The van der Waals surface area contributed by atoms with E-state index in [-0.39, 0.29) is 5.69 Å². The SMILES string of the molecule is O=C(O)c1csc(-c2cccc(OCc3ccccc3)c2)n1. The summed E-state index contributed by atoms with van der Waals surface area (Å²) < 4.78 is 5.77. The van der Waals surface area contributed by atoms with Crippen molar-refractivity contribution in [3.8, 4) is 16.3 Å². The monoisotopic (exact) mass is 311 g/mol. The molecule has 5 heteroatoms. The molecule has 3 aromatic rings. The highest BCUT2D eigenvalue weighted by molar-refractivity contribution is 7.13. The maximum absolute atomic E-state index is 10.9. The van der Waals surface area contributed by atoms with Gasteiger partial charge in [0.1, 0.15) is 17.4 Å². The summed E-state index contributed by atoms with van der Waals surface area (Å²) >= 11 is 1.31. The van der Waals surface area contributed by atoms with Crippen LogP contribution in [0.2, 0.25) is 0 Å². The molecule has 1 heterocycles. The Morgan fingerprint density at radius 1 is 1.14 bits per heavy atom. The number of aromatic carboxylic acids is 1. The second-order valence-electron chi connectivity index (χ2n) is 4.65. The third-order valence-corrected chi connectivity index (χ3v) is 3.94. The third-order valence-electron chi connectivity index (χ3n) is 3.05. The molecule has 0 bridgehead atoms. The first-order valence-electron chi connectivity index (χ1n) is 6.68. The van der Waals surface area contributed by atoms with E-state index in [0.29, 0.717) is 11.6 Å². The Bertz CT molecular complexity index is 783. The Morgan fingerprint density at radius 3 is 2.68 bits per heavy atom. The van der Waals surface area contributed by atoms with Gasteiger partial charge in [-0.15, -0.1) is 11.3 Å². The molecule has 0 unspecified atom stereocenters. The molecular formula is C17H13NO3S. The average molecular weight is 311 g/mol. The van der Waals surface area contributed by atoms with Crippen molar-refractivity contribution in [3.63, 3.8) is 0 Å². The number of rotatable bonds is 5. The minimum absolute atomic E-state index is 0.0654. The van der Waals surface area contributed by atoms with Crippen LogP contribution in [0.4, 0.5) is 0 Å². The van der Waals surface area contributed by atoms with Crippen LogP contribution in [-0.2, 0) is 6.61 Å². The highest BCUT2D eigenvalue weighted by Crippen LogP contribution is 2.27. The third kappa shape index (κ3) is 3.32. The van der Waals surface area contributed by atoms with Crippen molar-refractivity contribution in [3.05, 3.63) is 71.2 Å². The molecule has 0 saturated carbocycles. The maximum Gasteiger partial charge on any atom is 0.355 e. The van der Waals surface area contributed by atoms with Gasteiger partial charge in [0, 0.05) is 10.9 Å². The summed E-state index contributed by atoms with van der Waals surface area (Å²) in [5.41, 5.74) is 2.01. The molecule has 0 spiro atoms. The van der Waals surface area contributed by atoms with Crippen molar-refractivity contribution >= 4 is 17.3 Å². The molecule has 1 aromatic heterocycles. The Morgan fingerprint density at radius 2 is 1.95 bits per heavy atom. The van der Waals surface area contributed by atoms with Crippen molar-refractivity contribution in [1.29, 1.82) is 0 Å². The van der Waals surface area contributed by atoms with Crippen molar-refractivity contribution in [2.75, 3.05) is 0 Å². The van der Waals surface area contributed by atoms with Gasteiger partial charge in [-0.3, -0.25) is 0 Å². The summed E-state index contributed by atoms with van der Waals surface area (Å²) in [6, 6.07) is 17.4. The number of carbonyl (C=O) groups is 1. The lowest BCUT2D eigenvalue weighted by atomic mass is 10.2. The minimum atomic E-state index is -1.01. The van der Waals surface area contributed by atoms with Crippen LogP contribution >= 0.6 is 11.3 Å². The van der Waals surface area contributed by atoms with Gasteiger partial charge >= 0.3 is 5.97 Å². The molecule has 0 amide bonds. The number of thiazole rings is 1. The molecule has 0 atom stereocenters. The van der Waals surface area contributed by atoms with E-state index in [9.17, 15) is 4.79 Å². The van der Waals surface area contributed by atoms with E-state index in [0.717, 1.165) is 16.9 Å². The van der Waals surface area contributed by atoms with Crippen LogP contribution in [0, 0.1) is 0 Å². The molecule has 2 aromatic carbocycles. The summed E-state index contributed by atoms with van der Waals surface area (Å²) in [4.78, 5) is 15.0. The van der Waals surface area contributed by atoms with Gasteiger partial charge in [0.15, 0.2) is 5.69 Å². The van der Waals surface area contributed by atoms with E-state index in [1.165, 1.54) is 16.7 Å². The predicted octanol–water partition coefficient (Wildman–Crippen LogP) is 4.09. The molecule has 1 N–H and O–H groups in total. The average Bonchev–Trinajstić information content (AvgIpc) is 3.05. The lowest BCUT2D eigenvalue weighted by Gasteiger charge is -2.07. The van der Waals surface area contributed by atoms with Gasteiger partial charge in [0.05, 0.1) is 0 Å². The number of aromatic nitrogens is 1. The number of hydrogen-bond acceptors (Lipinski definition) is 4. The fourth-order valence-corrected chi connectivity index (χ4v) is 2.76. The molecule has 4 nitrogen and oxygen atoms in total. The second kappa shape index (κ2) is 6.41. The Hall–Kier alpha value is -2.66. The highest BCUT2D eigenvalue weighted by Gasteiger charge is 2.10. The Balaban J connectivity index is 1.75. The van der Waals surface area contributed by atoms with E-state index in [1.54, 1.807) is 0 Å². The number of carboxylic acid groups (broad SMARTS) is 1. The smallest absolute Gasteiger partial charge is 0.355 e. The lowest BCUT2D eigenvalue weighted by molar-refractivity contribution is 0.0691. The van der Waals surface area contributed by atoms with Gasteiger partial charge in [0.2, 0.25) is 0 Å². The zero-order valence-electron chi connectivity index (χ0n) is 11.6. The first kappa shape index (κ1) is 14.3. The van der Waals surface area contributed by atoms with Gasteiger partial charge in [-0.1, -0.05) is 42.5 Å². The van der Waals surface area contributed by atoms with Gasteiger partial charge in [-0.05, 0) is 17.7 Å². The van der Waals surface area contributed by atoms with Crippen molar-refractivity contribution < 1.29 is 14.6 Å². The van der Waals surface area contributed by atoms with Gasteiger partial charge < -0.3 is 9.84 Å². The topological polar surface area (TPSA) is 59.4 Å².